The molecule has 0 aliphatic rings. The van der Waals surface area contributed by atoms with E-state index >= 15 is 0 Å². The summed E-state index contributed by atoms with van der Waals surface area (Å²) in [5, 5.41) is 23.1. The molecular weight excluding hydrogens is 280 g/mol. The van der Waals surface area contributed by atoms with Crippen LogP contribution in [0.25, 0.3) is 0 Å². The number of nitrogens with one attached hydrogen (secondary N) is 1. The lowest BCUT2D eigenvalue weighted by molar-refractivity contribution is -0.113. The maximum absolute atomic E-state index is 11.8. The normalized spacial score (nSPS) is 10.3. The Bertz CT molecular complexity index is 684. The molecule has 104 valence electrons. The Labute approximate surface area is 119 Å². The molecule has 2 aromatic rings. The van der Waals surface area contributed by atoms with Crippen LogP contribution in [0, 0.1) is 25.2 Å². The second-order valence-electron chi connectivity index (χ2n) is 4.02. The zero-order valence-electron chi connectivity index (χ0n) is 11.2. The SMILES string of the molecule is Cc1oc(NC(=O)CSc2nnnn2C)c(C#N)c1C. The average Bonchev–Trinajstić information content (AvgIpc) is 2.92. The third-order valence-corrected chi connectivity index (χ3v) is 3.67. The van der Waals surface area contributed by atoms with E-state index in [1.54, 1.807) is 20.9 Å². The molecule has 0 unspecified atom stereocenters. The van der Waals surface area contributed by atoms with Gasteiger partial charge < -0.3 is 4.42 Å². The molecule has 2 heterocycles. The van der Waals surface area contributed by atoms with Crippen LogP contribution in [-0.2, 0) is 11.8 Å². The van der Waals surface area contributed by atoms with Gasteiger partial charge in [0.05, 0.1) is 5.75 Å². The lowest BCUT2D eigenvalue weighted by Crippen LogP contribution is -2.14. The van der Waals surface area contributed by atoms with Crippen molar-refractivity contribution in [3.05, 3.63) is 16.9 Å². The van der Waals surface area contributed by atoms with Crippen molar-refractivity contribution in [1.82, 2.24) is 20.2 Å². The number of aromatic nitrogens is 4. The number of nitrogens with zero attached hydrogens (tertiary/aromatic N) is 5. The molecule has 1 amide bonds. The predicted molar refractivity (Wildman–Crippen MR) is 71.0 cm³/mol. The Morgan fingerprint density at radius 3 is 2.90 bits per heavy atom. The number of nitriles is 1. The zero-order chi connectivity index (χ0) is 14.7. The molecule has 8 nitrogen and oxygen atoms in total. The van der Waals surface area contributed by atoms with E-state index in [1.165, 1.54) is 16.4 Å². The largest absolute Gasteiger partial charge is 0.444 e. The number of furan rings is 1. The smallest absolute Gasteiger partial charge is 0.237 e. The first kappa shape index (κ1) is 14.1. The number of tetrazole rings is 1. The fourth-order valence-corrected chi connectivity index (χ4v) is 2.14. The molecule has 0 aromatic carbocycles. The summed E-state index contributed by atoms with van der Waals surface area (Å²) in [6.07, 6.45) is 0. The van der Waals surface area contributed by atoms with Gasteiger partial charge >= 0.3 is 0 Å². The molecule has 0 atom stereocenters. The number of carbonyl (C=O) groups excluding carboxylic acids is 1. The minimum Gasteiger partial charge on any atom is -0.444 e. The Hall–Kier alpha value is -2.34. The van der Waals surface area contributed by atoms with E-state index in [-0.39, 0.29) is 17.5 Å². The van der Waals surface area contributed by atoms with Gasteiger partial charge in [0.25, 0.3) is 0 Å². The van der Waals surface area contributed by atoms with Crippen molar-refractivity contribution in [2.24, 2.45) is 7.05 Å². The average molecular weight is 292 g/mol. The Morgan fingerprint density at radius 2 is 2.30 bits per heavy atom. The van der Waals surface area contributed by atoms with Crippen LogP contribution in [0.15, 0.2) is 9.57 Å². The standard InChI is InChI=1S/C11H12N6O2S/c1-6-7(2)19-10(8(6)4-12)13-9(18)5-20-11-14-15-16-17(11)3/h5H2,1-3H3,(H,13,18). The molecular formula is C11H12N6O2S. The Balaban J connectivity index is 2.00. The number of hydrogen-bond donors (Lipinski definition) is 1. The summed E-state index contributed by atoms with van der Waals surface area (Å²) in [6, 6.07) is 2.02. The number of hydrogen-bond acceptors (Lipinski definition) is 7. The van der Waals surface area contributed by atoms with Crippen molar-refractivity contribution in [2.75, 3.05) is 11.1 Å². The molecule has 0 saturated heterocycles. The number of aryl methyl sites for hydroxylation is 2. The van der Waals surface area contributed by atoms with E-state index in [4.69, 9.17) is 9.68 Å². The van der Waals surface area contributed by atoms with Crippen LogP contribution in [0.1, 0.15) is 16.9 Å². The van der Waals surface area contributed by atoms with Gasteiger partial charge in [0.2, 0.25) is 16.9 Å². The molecule has 0 radical (unpaired) electrons. The summed E-state index contributed by atoms with van der Waals surface area (Å²) < 4.78 is 6.83. The van der Waals surface area contributed by atoms with Crippen molar-refractivity contribution in [3.8, 4) is 6.07 Å². The Kier molecular flexibility index (Phi) is 4.05. The molecule has 2 rings (SSSR count). The molecule has 1 N–H and O–H groups in total. The van der Waals surface area contributed by atoms with Gasteiger partial charge in [-0.3, -0.25) is 10.1 Å². The second kappa shape index (κ2) is 5.75. The van der Waals surface area contributed by atoms with Crippen LogP contribution >= 0.6 is 11.8 Å². The van der Waals surface area contributed by atoms with Crippen LogP contribution in [-0.4, -0.2) is 31.9 Å². The van der Waals surface area contributed by atoms with Crippen molar-refractivity contribution in [3.63, 3.8) is 0 Å². The molecule has 0 fully saturated rings. The summed E-state index contributed by atoms with van der Waals surface area (Å²) in [6.45, 7) is 3.51. The van der Waals surface area contributed by atoms with Crippen molar-refractivity contribution in [1.29, 1.82) is 5.26 Å². The van der Waals surface area contributed by atoms with Gasteiger partial charge in [0.1, 0.15) is 17.4 Å². The fraction of sp³-hybridized carbons (Fsp3) is 0.364. The number of carbonyl (C=O) groups is 1. The monoisotopic (exact) mass is 292 g/mol. The number of anilines is 1. The van der Waals surface area contributed by atoms with E-state index < -0.39 is 0 Å². The molecule has 0 aliphatic carbocycles. The fourth-order valence-electron chi connectivity index (χ4n) is 1.49. The summed E-state index contributed by atoms with van der Waals surface area (Å²) >= 11 is 1.20. The van der Waals surface area contributed by atoms with Gasteiger partial charge in [0.15, 0.2) is 0 Å². The lowest BCUT2D eigenvalue weighted by Gasteiger charge is -2.01. The first-order valence-corrected chi connectivity index (χ1v) is 6.66. The van der Waals surface area contributed by atoms with E-state index in [1.807, 2.05) is 6.07 Å². The topological polar surface area (TPSA) is 110 Å². The van der Waals surface area contributed by atoms with E-state index in [0.717, 1.165) is 5.56 Å². The summed E-state index contributed by atoms with van der Waals surface area (Å²) in [5.41, 5.74) is 1.08. The number of thioether (sulfide) groups is 1. The number of rotatable bonds is 4. The van der Waals surface area contributed by atoms with E-state index in [9.17, 15) is 4.79 Å². The summed E-state index contributed by atoms with van der Waals surface area (Å²) in [5.74, 6) is 0.632. The lowest BCUT2D eigenvalue weighted by atomic mass is 10.2. The minimum atomic E-state index is -0.289. The van der Waals surface area contributed by atoms with Gasteiger partial charge in [-0.15, -0.1) is 5.10 Å². The highest BCUT2D eigenvalue weighted by molar-refractivity contribution is 7.99. The van der Waals surface area contributed by atoms with Crippen LogP contribution in [0.3, 0.4) is 0 Å². The van der Waals surface area contributed by atoms with Gasteiger partial charge in [-0.05, 0) is 24.3 Å². The van der Waals surface area contributed by atoms with Crippen LogP contribution in [0.4, 0.5) is 5.88 Å². The molecule has 0 bridgehead atoms. The quantitative estimate of drug-likeness (QED) is 0.838. The first-order valence-electron chi connectivity index (χ1n) is 5.68. The summed E-state index contributed by atoms with van der Waals surface area (Å²) in [4.78, 5) is 11.8. The molecule has 0 spiro atoms. The molecule has 20 heavy (non-hydrogen) atoms. The third-order valence-electron chi connectivity index (χ3n) is 2.66. The van der Waals surface area contributed by atoms with Gasteiger partial charge in [-0.2, -0.15) is 5.26 Å². The molecule has 0 saturated carbocycles. The second-order valence-corrected chi connectivity index (χ2v) is 4.96. The highest BCUT2D eigenvalue weighted by atomic mass is 32.2. The molecule has 9 heteroatoms. The van der Waals surface area contributed by atoms with Crippen LogP contribution in [0.5, 0.6) is 0 Å². The van der Waals surface area contributed by atoms with E-state index in [2.05, 4.69) is 20.8 Å². The summed E-state index contributed by atoms with van der Waals surface area (Å²) in [7, 11) is 1.69. The first-order chi connectivity index (χ1) is 9.52. The van der Waals surface area contributed by atoms with Crippen molar-refractivity contribution in [2.45, 2.75) is 19.0 Å². The predicted octanol–water partition coefficient (Wildman–Crippen LogP) is 1.02. The maximum Gasteiger partial charge on any atom is 0.237 e. The molecule has 0 aliphatic heterocycles. The van der Waals surface area contributed by atoms with Crippen molar-refractivity contribution < 1.29 is 9.21 Å². The maximum atomic E-state index is 11.8. The van der Waals surface area contributed by atoms with Crippen LogP contribution < -0.4 is 5.32 Å². The molecule has 2 aromatic heterocycles. The van der Waals surface area contributed by atoms with E-state index in [0.29, 0.717) is 16.5 Å². The third kappa shape index (κ3) is 2.80. The van der Waals surface area contributed by atoms with Crippen molar-refractivity contribution >= 4 is 23.6 Å². The highest BCUT2D eigenvalue weighted by Gasteiger charge is 2.17. The highest BCUT2D eigenvalue weighted by Crippen LogP contribution is 2.25. The van der Waals surface area contributed by atoms with Gasteiger partial charge in [0, 0.05) is 12.6 Å². The minimum absolute atomic E-state index is 0.123. The Morgan fingerprint density at radius 1 is 1.55 bits per heavy atom. The zero-order valence-corrected chi connectivity index (χ0v) is 12.0. The van der Waals surface area contributed by atoms with Gasteiger partial charge in [-0.1, -0.05) is 11.8 Å². The number of amides is 1. The van der Waals surface area contributed by atoms with Gasteiger partial charge in [-0.25, -0.2) is 4.68 Å². The van der Waals surface area contributed by atoms with Crippen LogP contribution in [0.2, 0.25) is 0 Å².